The highest BCUT2D eigenvalue weighted by atomic mass is 19.2. The van der Waals surface area contributed by atoms with Crippen LogP contribution in [-0.2, 0) is 0 Å². The van der Waals surface area contributed by atoms with E-state index in [0.717, 1.165) is 83.8 Å². The lowest BCUT2D eigenvalue weighted by atomic mass is 9.92. The molecule has 0 aliphatic carbocycles. The molecule has 1 aromatic heterocycles. The number of ether oxygens (including phenoxy) is 1. The number of allylic oxidation sites excluding steroid dienone is 2. The minimum atomic E-state index is -1.46. The molecule has 5 nitrogen and oxygen atoms in total. The summed E-state index contributed by atoms with van der Waals surface area (Å²) < 4.78 is 51.2. The second-order valence-electron chi connectivity index (χ2n) is 11.1. The van der Waals surface area contributed by atoms with Gasteiger partial charge < -0.3 is 9.30 Å². The lowest BCUT2D eigenvalue weighted by Gasteiger charge is -2.46. The number of benzene rings is 3. The zero-order chi connectivity index (χ0) is 30.1. The Labute approximate surface area is 250 Å². The van der Waals surface area contributed by atoms with Crippen LogP contribution in [-0.4, -0.2) is 28.2 Å². The predicted molar refractivity (Wildman–Crippen MR) is 163 cm³/mol. The monoisotopic (exact) mass is 584 g/mol. The summed E-state index contributed by atoms with van der Waals surface area (Å²) in [4.78, 5) is 4.34. The molecule has 1 fully saturated rings. The molecule has 4 aromatic rings. The first-order valence-electron chi connectivity index (χ1n) is 14.8. The normalized spacial score (nSPS) is 18.2. The maximum Gasteiger partial charge on any atom is 0.194 e. The van der Waals surface area contributed by atoms with E-state index in [1.165, 1.54) is 5.57 Å². The zero-order valence-electron chi connectivity index (χ0n) is 24.7. The number of fused-ring (bicyclic) bond motifs is 1. The van der Waals surface area contributed by atoms with Gasteiger partial charge in [-0.3, -0.25) is 10.0 Å². The van der Waals surface area contributed by atoms with Crippen LogP contribution >= 0.6 is 0 Å². The van der Waals surface area contributed by atoms with Crippen LogP contribution in [0.15, 0.2) is 90.0 Å². The van der Waals surface area contributed by atoms with Crippen molar-refractivity contribution in [2.75, 3.05) is 18.7 Å². The summed E-state index contributed by atoms with van der Waals surface area (Å²) in [5.41, 5.74) is 7.65. The van der Waals surface area contributed by atoms with E-state index in [1.54, 1.807) is 13.4 Å². The van der Waals surface area contributed by atoms with Crippen molar-refractivity contribution >= 4 is 11.8 Å². The number of hydrazine groups is 1. The Balaban J connectivity index is 1.47. The molecular weight excluding hydrogens is 549 g/mol. The molecule has 0 radical (unpaired) electrons. The van der Waals surface area contributed by atoms with Crippen LogP contribution in [0.2, 0.25) is 0 Å². The van der Waals surface area contributed by atoms with E-state index in [2.05, 4.69) is 29.1 Å². The number of aryl methyl sites for hydroxylation is 1. The summed E-state index contributed by atoms with van der Waals surface area (Å²) in [5.74, 6) is -3.11. The van der Waals surface area contributed by atoms with Crippen molar-refractivity contribution in [1.82, 2.24) is 14.6 Å². The Morgan fingerprint density at radius 1 is 1.00 bits per heavy atom. The number of nitrogens with zero attached hydrogens (tertiary/aromatic N) is 4. The van der Waals surface area contributed by atoms with Crippen molar-refractivity contribution in [1.29, 1.82) is 0 Å². The van der Waals surface area contributed by atoms with Gasteiger partial charge in [0.2, 0.25) is 0 Å². The van der Waals surface area contributed by atoms with E-state index >= 15 is 0 Å². The number of aromatic nitrogens is 2. The van der Waals surface area contributed by atoms with Gasteiger partial charge in [0.15, 0.2) is 17.5 Å². The highest BCUT2D eigenvalue weighted by Crippen LogP contribution is 2.45. The second kappa shape index (κ2) is 12.0. The van der Waals surface area contributed by atoms with Gasteiger partial charge in [-0.05, 0) is 79.5 Å². The molecule has 0 bridgehead atoms. The summed E-state index contributed by atoms with van der Waals surface area (Å²) >= 11 is 0. The summed E-state index contributed by atoms with van der Waals surface area (Å²) in [6.45, 7) is 4.77. The Morgan fingerprint density at radius 3 is 2.44 bits per heavy atom. The van der Waals surface area contributed by atoms with Crippen LogP contribution in [0.5, 0.6) is 5.75 Å². The molecule has 2 aliphatic rings. The third-order valence-electron chi connectivity index (χ3n) is 8.37. The molecule has 1 atom stereocenters. The summed E-state index contributed by atoms with van der Waals surface area (Å²) in [6.07, 6.45) is 10.0. The molecular formula is C35H35F3N4O. The lowest BCUT2D eigenvalue weighted by molar-refractivity contribution is 0.265. The fourth-order valence-corrected chi connectivity index (χ4v) is 6.37. The zero-order valence-corrected chi connectivity index (χ0v) is 24.7. The van der Waals surface area contributed by atoms with Gasteiger partial charge in [-0.15, -0.1) is 0 Å². The number of hydrogen-bond acceptors (Lipinski definition) is 4. The van der Waals surface area contributed by atoms with E-state index in [1.807, 2.05) is 65.2 Å². The minimum Gasteiger partial charge on any atom is -0.495 e. The van der Waals surface area contributed by atoms with Crippen LogP contribution in [0, 0.1) is 24.4 Å². The molecule has 222 valence electrons. The van der Waals surface area contributed by atoms with E-state index in [-0.39, 0.29) is 6.04 Å². The molecule has 0 saturated carbocycles. The molecule has 43 heavy (non-hydrogen) atoms. The first kappa shape index (κ1) is 28.6. The molecule has 2 aliphatic heterocycles. The first-order chi connectivity index (χ1) is 20.9. The van der Waals surface area contributed by atoms with Gasteiger partial charge >= 0.3 is 0 Å². The SMILES string of the molecule is CCC1=C2C(=Cc3ccc(-n4cnc(C)c4)c(OC)c3)CCCN2N(c2cc(F)c(F)c(F)c2)C(c2ccccc2)CC1. The number of imidazole rings is 1. The highest BCUT2D eigenvalue weighted by molar-refractivity contribution is 5.65. The van der Waals surface area contributed by atoms with Crippen molar-refractivity contribution in [2.24, 2.45) is 0 Å². The van der Waals surface area contributed by atoms with Gasteiger partial charge in [-0.2, -0.15) is 0 Å². The molecule has 6 rings (SSSR count). The van der Waals surface area contributed by atoms with Crippen LogP contribution in [0.25, 0.3) is 11.8 Å². The standard InChI is InChI=1S/C35H35F3N4O/c1-4-25-13-15-31(26-9-6-5-7-10-26)42(28-19-29(36)34(38)30(37)20-28)41-16-8-11-27(35(25)41)17-24-12-14-32(33(18-24)43-3)40-21-23(2)39-22-40/h5-7,9-10,12,14,17-22,31H,4,8,11,13,15-16H2,1-3H3. The third kappa shape index (κ3) is 5.54. The summed E-state index contributed by atoms with van der Waals surface area (Å²) in [7, 11) is 1.66. The van der Waals surface area contributed by atoms with E-state index in [9.17, 15) is 13.2 Å². The van der Waals surface area contributed by atoms with E-state index in [4.69, 9.17) is 4.74 Å². The van der Waals surface area contributed by atoms with Crippen molar-refractivity contribution in [3.63, 3.8) is 0 Å². The molecule has 0 N–H and O–H groups in total. The molecule has 1 unspecified atom stereocenters. The first-order valence-corrected chi connectivity index (χ1v) is 14.8. The van der Waals surface area contributed by atoms with Crippen LogP contribution in [0.3, 0.4) is 0 Å². The second-order valence-corrected chi connectivity index (χ2v) is 11.1. The maximum absolute atomic E-state index is 14.7. The van der Waals surface area contributed by atoms with Crippen molar-refractivity contribution in [2.45, 2.75) is 52.0 Å². The van der Waals surface area contributed by atoms with Gasteiger partial charge in [-0.1, -0.05) is 43.3 Å². The minimum absolute atomic E-state index is 0.193. The van der Waals surface area contributed by atoms with Crippen molar-refractivity contribution < 1.29 is 17.9 Å². The smallest absolute Gasteiger partial charge is 0.194 e. The van der Waals surface area contributed by atoms with Gasteiger partial charge in [-0.25, -0.2) is 18.2 Å². The van der Waals surface area contributed by atoms with E-state index in [0.29, 0.717) is 12.2 Å². The number of hydrogen-bond donors (Lipinski definition) is 0. The number of methoxy groups -OCH3 is 1. The molecule has 8 heteroatoms. The van der Waals surface area contributed by atoms with E-state index < -0.39 is 17.5 Å². The number of halogens is 3. The average molecular weight is 585 g/mol. The van der Waals surface area contributed by atoms with Gasteiger partial charge in [0, 0.05) is 24.9 Å². The number of piperidine rings is 1. The van der Waals surface area contributed by atoms with Crippen LogP contribution in [0.1, 0.15) is 61.9 Å². The Morgan fingerprint density at radius 2 is 1.77 bits per heavy atom. The number of anilines is 1. The molecule has 3 aromatic carbocycles. The van der Waals surface area contributed by atoms with Crippen LogP contribution in [0.4, 0.5) is 18.9 Å². The Hall–Kier alpha value is -4.46. The Bertz CT molecular complexity index is 1670. The van der Waals surface area contributed by atoms with Crippen molar-refractivity contribution in [3.8, 4) is 11.4 Å². The molecule has 3 heterocycles. The summed E-state index contributed by atoms with van der Waals surface area (Å²) in [6, 6.07) is 18.1. The average Bonchev–Trinajstić information content (AvgIpc) is 3.37. The highest BCUT2D eigenvalue weighted by Gasteiger charge is 2.36. The number of rotatable bonds is 6. The fraction of sp³-hybridized carbons (Fsp3) is 0.286. The van der Waals surface area contributed by atoms with Crippen LogP contribution < -0.4 is 9.75 Å². The Kier molecular flexibility index (Phi) is 8.02. The topological polar surface area (TPSA) is 33.5 Å². The lowest BCUT2D eigenvalue weighted by Crippen LogP contribution is -2.46. The molecule has 0 spiro atoms. The quantitative estimate of drug-likeness (QED) is 0.212. The third-order valence-corrected chi connectivity index (χ3v) is 8.37. The largest absolute Gasteiger partial charge is 0.495 e. The van der Waals surface area contributed by atoms with Crippen molar-refractivity contribution in [3.05, 3.63) is 124 Å². The molecule has 1 saturated heterocycles. The maximum atomic E-state index is 14.7. The summed E-state index contributed by atoms with van der Waals surface area (Å²) in [5, 5.41) is 4.15. The van der Waals surface area contributed by atoms with Gasteiger partial charge in [0.1, 0.15) is 5.75 Å². The predicted octanol–water partition coefficient (Wildman–Crippen LogP) is 8.71. The van der Waals surface area contributed by atoms with Gasteiger partial charge in [0.05, 0.1) is 42.2 Å². The fourth-order valence-electron chi connectivity index (χ4n) is 6.37. The van der Waals surface area contributed by atoms with Gasteiger partial charge in [0.25, 0.3) is 0 Å². The molecule has 0 amide bonds.